The molecule has 0 radical (unpaired) electrons. The van der Waals surface area contributed by atoms with Crippen LogP contribution in [0.2, 0.25) is 0 Å². The van der Waals surface area contributed by atoms with Gasteiger partial charge in [-0.15, -0.1) is 0 Å². The number of carbonyl (C=O) groups is 1. The summed E-state index contributed by atoms with van der Waals surface area (Å²) in [7, 11) is -4.21. The summed E-state index contributed by atoms with van der Waals surface area (Å²) in [4.78, 5) is 13.1. The smallest absolute Gasteiger partial charge is 0.312 e. The van der Waals surface area contributed by atoms with Crippen molar-refractivity contribution in [2.24, 2.45) is 0 Å². The average Bonchev–Trinajstić information content (AvgIpc) is 2.61. The highest BCUT2D eigenvalue weighted by Gasteiger charge is 2.31. The van der Waals surface area contributed by atoms with Crippen molar-refractivity contribution in [3.05, 3.63) is 54.1 Å². The molecule has 0 atom stereocenters. The van der Waals surface area contributed by atoms with Gasteiger partial charge in [-0.2, -0.15) is 13.2 Å². The fraction of sp³-hybridized carbons (Fsp3) is 0.278. The quantitative estimate of drug-likeness (QED) is 0.846. The predicted molar refractivity (Wildman–Crippen MR) is 94.9 cm³/mol. The first-order chi connectivity index (χ1) is 12.7. The topological polar surface area (TPSA) is 66.5 Å². The third-order valence-corrected chi connectivity index (χ3v) is 5.58. The van der Waals surface area contributed by atoms with Gasteiger partial charge in [-0.3, -0.25) is 9.52 Å². The van der Waals surface area contributed by atoms with Gasteiger partial charge in [0.25, 0.3) is 10.0 Å². The van der Waals surface area contributed by atoms with Gasteiger partial charge in [-0.1, -0.05) is 12.1 Å². The molecule has 1 saturated heterocycles. The van der Waals surface area contributed by atoms with E-state index in [-0.39, 0.29) is 11.6 Å². The highest BCUT2D eigenvalue weighted by molar-refractivity contribution is 7.92. The van der Waals surface area contributed by atoms with Crippen molar-refractivity contribution in [2.75, 3.05) is 16.2 Å². The van der Waals surface area contributed by atoms with Gasteiger partial charge < -0.3 is 4.90 Å². The Morgan fingerprint density at radius 2 is 1.74 bits per heavy atom. The lowest BCUT2D eigenvalue weighted by Crippen LogP contribution is -2.35. The van der Waals surface area contributed by atoms with Gasteiger partial charge >= 0.3 is 6.18 Å². The van der Waals surface area contributed by atoms with E-state index in [2.05, 4.69) is 4.72 Å². The number of benzene rings is 2. The van der Waals surface area contributed by atoms with Crippen LogP contribution in [0.3, 0.4) is 0 Å². The van der Waals surface area contributed by atoms with Gasteiger partial charge in [0.1, 0.15) is 0 Å². The lowest BCUT2D eigenvalue weighted by Gasteiger charge is -2.27. The van der Waals surface area contributed by atoms with E-state index in [4.69, 9.17) is 0 Å². The Hall–Kier alpha value is -2.55. The van der Waals surface area contributed by atoms with E-state index in [1.807, 2.05) is 0 Å². The Morgan fingerprint density at radius 1 is 1.00 bits per heavy atom. The summed E-state index contributed by atoms with van der Waals surface area (Å²) in [5, 5.41) is 0. The molecule has 3 rings (SSSR count). The number of amides is 1. The van der Waals surface area contributed by atoms with Crippen LogP contribution in [0.4, 0.5) is 24.5 Å². The van der Waals surface area contributed by atoms with Crippen LogP contribution >= 0.6 is 0 Å². The van der Waals surface area contributed by atoms with Gasteiger partial charge in [0.15, 0.2) is 0 Å². The number of nitrogens with zero attached hydrogens (tertiary/aromatic N) is 1. The molecule has 0 unspecified atom stereocenters. The fourth-order valence-electron chi connectivity index (χ4n) is 2.87. The summed E-state index contributed by atoms with van der Waals surface area (Å²) in [6, 6.07) is 9.77. The molecular formula is C18H17F3N2O3S. The molecule has 0 aliphatic carbocycles. The van der Waals surface area contributed by atoms with Crippen LogP contribution in [0.15, 0.2) is 53.4 Å². The highest BCUT2D eigenvalue weighted by atomic mass is 32.2. The molecule has 2 aromatic carbocycles. The number of hydrogen-bond donors (Lipinski definition) is 1. The summed E-state index contributed by atoms with van der Waals surface area (Å²) in [6.45, 7) is 0.544. The molecule has 27 heavy (non-hydrogen) atoms. The summed E-state index contributed by atoms with van der Waals surface area (Å²) in [5.41, 5.74) is -0.328. The number of rotatable bonds is 4. The van der Waals surface area contributed by atoms with Crippen molar-refractivity contribution in [3.8, 4) is 0 Å². The average molecular weight is 398 g/mol. The third-order valence-electron chi connectivity index (χ3n) is 4.21. The van der Waals surface area contributed by atoms with E-state index in [9.17, 15) is 26.4 Å². The van der Waals surface area contributed by atoms with E-state index < -0.39 is 26.7 Å². The van der Waals surface area contributed by atoms with Crippen LogP contribution in [-0.4, -0.2) is 20.9 Å². The zero-order chi connectivity index (χ0) is 19.7. The van der Waals surface area contributed by atoms with Crippen LogP contribution in [0.25, 0.3) is 0 Å². The first-order valence-electron chi connectivity index (χ1n) is 8.27. The second-order valence-corrected chi connectivity index (χ2v) is 7.87. The van der Waals surface area contributed by atoms with Crippen molar-refractivity contribution in [1.82, 2.24) is 0 Å². The molecule has 1 amide bonds. The maximum atomic E-state index is 12.8. The molecule has 9 heteroatoms. The van der Waals surface area contributed by atoms with Gasteiger partial charge in [-0.05, 0) is 49.2 Å². The van der Waals surface area contributed by atoms with Crippen molar-refractivity contribution < 1.29 is 26.4 Å². The highest BCUT2D eigenvalue weighted by Crippen LogP contribution is 2.31. The van der Waals surface area contributed by atoms with Crippen LogP contribution in [0.1, 0.15) is 24.8 Å². The van der Waals surface area contributed by atoms with E-state index in [0.717, 1.165) is 31.0 Å². The van der Waals surface area contributed by atoms with Gasteiger partial charge in [0, 0.05) is 18.7 Å². The largest absolute Gasteiger partial charge is 0.416 e. The van der Waals surface area contributed by atoms with Crippen molar-refractivity contribution in [1.29, 1.82) is 0 Å². The molecular weight excluding hydrogens is 381 g/mol. The Morgan fingerprint density at radius 3 is 2.44 bits per heavy atom. The Labute approximate surface area is 154 Å². The second kappa shape index (κ2) is 7.22. The van der Waals surface area contributed by atoms with Crippen LogP contribution in [0, 0.1) is 0 Å². The van der Waals surface area contributed by atoms with E-state index >= 15 is 0 Å². The molecule has 0 spiro atoms. The molecule has 144 valence electrons. The fourth-order valence-corrected chi connectivity index (χ4v) is 3.96. The number of piperidine rings is 1. The molecule has 1 heterocycles. The maximum Gasteiger partial charge on any atom is 0.416 e. The number of alkyl halides is 3. The van der Waals surface area contributed by atoms with Gasteiger partial charge in [0.05, 0.1) is 16.1 Å². The van der Waals surface area contributed by atoms with E-state index in [1.165, 1.54) is 12.1 Å². The van der Waals surface area contributed by atoms with Crippen molar-refractivity contribution in [3.63, 3.8) is 0 Å². The van der Waals surface area contributed by atoms with Crippen molar-refractivity contribution in [2.45, 2.75) is 30.3 Å². The number of sulfonamides is 1. The van der Waals surface area contributed by atoms with E-state index in [0.29, 0.717) is 24.7 Å². The minimum absolute atomic E-state index is 0.0425. The zero-order valence-corrected chi connectivity index (χ0v) is 15.0. The predicted octanol–water partition coefficient (Wildman–Crippen LogP) is 4.02. The third kappa shape index (κ3) is 4.41. The van der Waals surface area contributed by atoms with Crippen LogP contribution < -0.4 is 9.62 Å². The second-order valence-electron chi connectivity index (χ2n) is 6.18. The first-order valence-corrected chi connectivity index (χ1v) is 9.76. The Kier molecular flexibility index (Phi) is 5.14. The van der Waals surface area contributed by atoms with Crippen LogP contribution in [0.5, 0.6) is 0 Å². The normalized spacial score (nSPS) is 15.7. The number of carbonyl (C=O) groups excluding carboxylic acids is 1. The lowest BCUT2D eigenvalue weighted by molar-refractivity contribution is -0.137. The maximum absolute atomic E-state index is 12.8. The number of nitrogens with one attached hydrogen (secondary N) is 1. The standard InChI is InChI=1S/C18H17F3N2O3S/c19-18(20,21)13-5-3-8-16(11-13)27(25,26)22-14-6-4-7-15(12-14)23-10-2-1-9-17(23)24/h3-8,11-12,22H,1-2,9-10H2. The first kappa shape index (κ1) is 19.2. The van der Waals surface area contributed by atoms with Gasteiger partial charge in [0.2, 0.25) is 5.91 Å². The number of hydrogen-bond acceptors (Lipinski definition) is 3. The summed E-state index contributed by atoms with van der Waals surface area (Å²) < 4.78 is 65.7. The monoisotopic (exact) mass is 398 g/mol. The molecule has 0 aromatic heterocycles. The van der Waals surface area contributed by atoms with Crippen molar-refractivity contribution >= 4 is 27.3 Å². The molecule has 1 aliphatic heterocycles. The minimum Gasteiger partial charge on any atom is -0.312 e. The molecule has 1 N–H and O–H groups in total. The zero-order valence-electron chi connectivity index (χ0n) is 14.2. The Balaban J connectivity index is 1.86. The molecule has 5 nitrogen and oxygen atoms in total. The Bertz CT molecular complexity index is 958. The number of halogens is 3. The summed E-state index contributed by atoms with van der Waals surface area (Å²) >= 11 is 0. The van der Waals surface area contributed by atoms with Crippen LogP contribution in [-0.2, 0) is 21.0 Å². The molecule has 1 fully saturated rings. The number of anilines is 2. The SMILES string of the molecule is O=C1CCCCN1c1cccc(NS(=O)(=O)c2cccc(C(F)(F)F)c2)c1. The molecule has 0 bridgehead atoms. The summed E-state index contributed by atoms with van der Waals surface area (Å²) in [5.74, 6) is -0.0425. The minimum atomic E-state index is -4.64. The van der Waals surface area contributed by atoms with E-state index in [1.54, 1.807) is 17.0 Å². The molecule has 0 saturated carbocycles. The molecule has 1 aliphatic rings. The molecule has 2 aromatic rings. The summed E-state index contributed by atoms with van der Waals surface area (Å²) in [6.07, 6.45) is -2.54. The lowest BCUT2D eigenvalue weighted by atomic mass is 10.1. The van der Waals surface area contributed by atoms with Gasteiger partial charge in [-0.25, -0.2) is 8.42 Å².